The molecule has 1 atom stereocenters. The summed E-state index contributed by atoms with van der Waals surface area (Å²) in [7, 11) is 1.56. The topological polar surface area (TPSA) is 77.1 Å². The number of nitrogens with zero attached hydrogens (tertiary/aromatic N) is 1. The smallest absolute Gasteiger partial charge is 0.255 e. The Morgan fingerprint density at radius 3 is 2.70 bits per heavy atom. The fraction of sp³-hybridized carbons (Fsp3) is 0.391. The molecule has 2 aliphatic rings. The molecule has 2 saturated heterocycles. The second kappa shape index (κ2) is 9.17. The normalized spacial score (nSPS) is 18.5. The summed E-state index contributed by atoms with van der Waals surface area (Å²) in [6.45, 7) is 2.01. The second-order valence-electron chi connectivity index (χ2n) is 7.46. The molecule has 2 fully saturated rings. The third kappa shape index (κ3) is 4.57. The van der Waals surface area contributed by atoms with Crippen molar-refractivity contribution in [2.24, 2.45) is 0 Å². The quantitative estimate of drug-likeness (QED) is 0.754. The first kappa shape index (κ1) is 20.2. The van der Waals surface area contributed by atoms with E-state index in [2.05, 4.69) is 5.32 Å². The Morgan fingerprint density at radius 1 is 1.20 bits per heavy atom. The van der Waals surface area contributed by atoms with Crippen molar-refractivity contribution in [3.63, 3.8) is 0 Å². The number of hydrogen-bond donors (Lipinski definition) is 1. The Morgan fingerprint density at radius 2 is 2.03 bits per heavy atom. The van der Waals surface area contributed by atoms with E-state index in [9.17, 15) is 9.59 Å². The molecule has 0 radical (unpaired) electrons. The number of hydrogen-bond acceptors (Lipinski definition) is 5. The van der Waals surface area contributed by atoms with Crippen molar-refractivity contribution in [3.8, 4) is 11.5 Å². The van der Waals surface area contributed by atoms with Gasteiger partial charge in [0.1, 0.15) is 18.1 Å². The third-order valence-corrected chi connectivity index (χ3v) is 5.38. The van der Waals surface area contributed by atoms with E-state index < -0.39 is 0 Å². The Hall–Kier alpha value is -3.06. The summed E-state index contributed by atoms with van der Waals surface area (Å²) >= 11 is 0. The number of rotatable bonds is 7. The zero-order chi connectivity index (χ0) is 20.9. The molecule has 30 heavy (non-hydrogen) atoms. The van der Waals surface area contributed by atoms with Crippen LogP contribution in [0.5, 0.6) is 11.5 Å². The summed E-state index contributed by atoms with van der Waals surface area (Å²) in [5.41, 5.74) is 1.86. The highest BCUT2D eigenvalue weighted by atomic mass is 16.5. The van der Waals surface area contributed by atoms with E-state index in [0.29, 0.717) is 42.3 Å². The molecule has 2 aromatic rings. The van der Waals surface area contributed by atoms with Crippen LogP contribution in [0.25, 0.3) is 0 Å². The van der Waals surface area contributed by atoms with Gasteiger partial charge in [0.25, 0.3) is 5.91 Å². The van der Waals surface area contributed by atoms with Crippen LogP contribution < -0.4 is 19.7 Å². The SMILES string of the molecule is COc1cc(NC(=O)c2ccc(OCC3CCCO3)cc2)ccc1N1CCCC1=O. The second-order valence-corrected chi connectivity index (χ2v) is 7.46. The van der Waals surface area contributed by atoms with Crippen molar-refractivity contribution < 1.29 is 23.8 Å². The highest BCUT2D eigenvalue weighted by Crippen LogP contribution is 2.34. The van der Waals surface area contributed by atoms with Crippen LogP contribution in [0.2, 0.25) is 0 Å². The van der Waals surface area contributed by atoms with Gasteiger partial charge in [0.05, 0.1) is 18.9 Å². The molecule has 7 heteroatoms. The lowest BCUT2D eigenvalue weighted by atomic mass is 10.2. The van der Waals surface area contributed by atoms with Gasteiger partial charge >= 0.3 is 0 Å². The van der Waals surface area contributed by atoms with Gasteiger partial charge in [-0.3, -0.25) is 9.59 Å². The monoisotopic (exact) mass is 410 g/mol. The van der Waals surface area contributed by atoms with Gasteiger partial charge in [0, 0.05) is 36.9 Å². The molecule has 0 aromatic heterocycles. The largest absolute Gasteiger partial charge is 0.494 e. The van der Waals surface area contributed by atoms with Gasteiger partial charge in [0.2, 0.25) is 5.91 Å². The fourth-order valence-corrected chi connectivity index (χ4v) is 3.75. The maximum absolute atomic E-state index is 12.6. The van der Waals surface area contributed by atoms with Crippen LogP contribution in [0.15, 0.2) is 42.5 Å². The Kier molecular flexibility index (Phi) is 6.18. The molecule has 2 aliphatic heterocycles. The molecule has 0 bridgehead atoms. The van der Waals surface area contributed by atoms with Crippen LogP contribution in [0.3, 0.4) is 0 Å². The summed E-state index contributed by atoms with van der Waals surface area (Å²) < 4.78 is 16.7. The number of nitrogens with one attached hydrogen (secondary N) is 1. The van der Waals surface area contributed by atoms with Crippen LogP contribution in [0.1, 0.15) is 36.0 Å². The third-order valence-electron chi connectivity index (χ3n) is 5.38. The van der Waals surface area contributed by atoms with E-state index in [-0.39, 0.29) is 17.9 Å². The Bertz CT molecular complexity index is 906. The first-order chi connectivity index (χ1) is 14.6. The molecular weight excluding hydrogens is 384 g/mol. The molecular formula is C23H26N2O5. The molecule has 2 heterocycles. The molecule has 4 rings (SSSR count). The lowest BCUT2D eigenvalue weighted by molar-refractivity contribution is -0.117. The minimum atomic E-state index is -0.229. The standard InChI is InChI=1S/C23H26N2O5/c1-28-21-14-17(8-11-20(21)25-12-2-5-22(25)26)24-23(27)16-6-9-18(10-7-16)30-15-19-4-3-13-29-19/h6-11,14,19H,2-5,12-13,15H2,1H3,(H,24,27). The summed E-state index contributed by atoms with van der Waals surface area (Å²) in [5, 5.41) is 2.87. The number of ether oxygens (including phenoxy) is 3. The Balaban J connectivity index is 1.38. The number of benzene rings is 2. The first-order valence-electron chi connectivity index (χ1n) is 10.3. The average molecular weight is 410 g/mol. The highest BCUT2D eigenvalue weighted by molar-refractivity contribution is 6.05. The van der Waals surface area contributed by atoms with Crippen molar-refractivity contribution in [2.45, 2.75) is 31.8 Å². The number of carbonyl (C=O) groups excluding carboxylic acids is 2. The van der Waals surface area contributed by atoms with Crippen molar-refractivity contribution in [1.29, 1.82) is 0 Å². The molecule has 0 aliphatic carbocycles. The van der Waals surface area contributed by atoms with Crippen LogP contribution in [0.4, 0.5) is 11.4 Å². The average Bonchev–Trinajstić information content (AvgIpc) is 3.44. The van der Waals surface area contributed by atoms with Gasteiger partial charge in [-0.25, -0.2) is 0 Å². The molecule has 7 nitrogen and oxygen atoms in total. The number of anilines is 2. The fourth-order valence-electron chi connectivity index (χ4n) is 3.75. The van der Waals surface area contributed by atoms with E-state index in [1.165, 1.54) is 0 Å². The number of methoxy groups -OCH3 is 1. The van der Waals surface area contributed by atoms with Crippen LogP contribution >= 0.6 is 0 Å². The zero-order valence-corrected chi connectivity index (χ0v) is 17.1. The van der Waals surface area contributed by atoms with Crippen molar-refractivity contribution in [2.75, 3.05) is 37.1 Å². The summed E-state index contributed by atoms with van der Waals surface area (Å²) in [6, 6.07) is 12.3. The Labute approximate surface area is 175 Å². The lowest BCUT2D eigenvalue weighted by Gasteiger charge is -2.19. The summed E-state index contributed by atoms with van der Waals surface area (Å²) in [4.78, 5) is 26.4. The molecule has 1 unspecified atom stereocenters. The van der Waals surface area contributed by atoms with E-state index >= 15 is 0 Å². The molecule has 1 N–H and O–H groups in total. The molecule has 2 amide bonds. The van der Waals surface area contributed by atoms with Gasteiger partial charge in [-0.2, -0.15) is 0 Å². The predicted molar refractivity (Wildman–Crippen MR) is 113 cm³/mol. The maximum Gasteiger partial charge on any atom is 0.255 e. The van der Waals surface area contributed by atoms with Crippen molar-refractivity contribution in [3.05, 3.63) is 48.0 Å². The van der Waals surface area contributed by atoms with Gasteiger partial charge in [-0.05, 0) is 55.7 Å². The summed E-state index contributed by atoms with van der Waals surface area (Å²) in [5.74, 6) is 1.13. The molecule has 2 aromatic carbocycles. The van der Waals surface area contributed by atoms with Crippen LogP contribution in [0, 0.1) is 0 Å². The van der Waals surface area contributed by atoms with E-state index in [1.807, 2.05) is 0 Å². The van der Waals surface area contributed by atoms with E-state index in [0.717, 1.165) is 31.6 Å². The molecule has 0 spiro atoms. The minimum absolute atomic E-state index is 0.0897. The van der Waals surface area contributed by atoms with Crippen molar-refractivity contribution >= 4 is 23.2 Å². The zero-order valence-electron chi connectivity index (χ0n) is 17.1. The maximum atomic E-state index is 12.6. The predicted octanol–water partition coefficient (Wildman–Crippen LogP) is 3.63. The van der Waals surface area contributed by atoms with E-state index in [4.69, 9.17) is 14.2 Å². The lowest BCUT2D eigenvalue weighted by Crippen LogP contribution is -2.24. The van der Waals surface area contributed by atoms with Crippen molar-refractivity contribution in [1.82, 2.24) is 0 Å². The van der Waals surface area contributed by atoms with Gasteiger partial charge in [0.15, 0.2) is 0 Å². The van der Waals surface area contributed by atoms with E-state index in [1.54, 1.807) is 54.5 Å². The number of carbonyl (C=O) groups is 2. The highest BCUT2D eigenvalue weighted by Gasteiger charge is 2.24. The van der Waals surface area contributed by atoms with Crippen LogP contribution in [-0.4, -0.2) is 44.8 Å². The summed E-state index contributed by atoms with van der Waals surface area (Å²) in [6.07, 6.45) is 3.65. The van der Waals surface area contributed by atoms with Gasteiger partial charge < -0.3 is 24.4 Å². The number of amides is 2. The first-order valence-corrected chi connectivity index (χ1v) is 10.3. The van der Waals surface area contributed by atoms with Gasteiger partial charge in [-0.1, -0.05) is 0 Å². The van der Waals surface area contributed by atoms with Gasteiger partial charge in [-0.15, -0.1) is 0 Å². The molecule has 0 saturated carbocycles. The minimum Gasteiger partial charge on any atom is -0.494 e. The van der Waals surface area contributed by atoms with Crippen LogP contribution in [-0.2, 0) is 9.53 Å². The molecule has 158 valence electrons.